The summed E-state index contributed by atoms with van der Waals surface area (Å²) in [5.74, 6) is -0.729. The number of hydrogen-bond donors (Lipinski definition) is 1. The summed E-state index contributed by atoms with van der Waals surface area (Å²) in [6.07, 6.45) is 0.197. The van der Waals surface area contributed by atoms with E-state index in [-0.39, 0.29) is 12.1 Å². The average molecular weight is 311 g/mol. The smallest absolute Gasteiger partial charge is 0.269 e. The highest BCUT2D eigenvalue weighted by Crippen LogP contribution is 2.35. The van der Waals surface area contributed by atoms with Crippen LogP contribution in [0, 0.1) is 10.1 Å². The Bertz CT molecular complexity index is 645. The number of halogens is 1. The van der Waals surface area contributed by atoms with Crippen molar-refractivity contribution in [1.29, 1.82) is 0 Å². The molecule has 0 aliphatic carbocycles. The van der Waals surface area contributed by atoms with Gasteiger partial charge in [-0.05, 0) is 17.0 Å². The molecule has 2 N–H and O–H groups in total. The van der Waals surface area contributed by atoms with E-state index in [1.165, 1.54) is 29.5 Å². The van der Waals surface area contributed by atoms with Crippen molar-refractivity contribution in [3.05, 3.63) is 62.3 Å². The number of nitro benzene ring substituents is 1. The van der Waals surface area contributed by atoms with Crippen LogP contribution < -0.4 is 5.73 Å². The fraction of sp³-hybridized carbons (Fsp3) is 0.154. The van der Waals surface area contributed by atoms with Crippen molar-refractivity contribution in [3.8, 4) is 0 Å². The zero-order chi connectivity index (χ0) is 14.8. The number of carbonyl (C=O) groups excluding carboxylic acids is 1. The number of primary amides is 1. The average Bonchev–Trinajstić information content (AvgIpc) is 2.91. The molecule has 1 atom stereocenters. The maximum atomic E-state index is 11.8. The fourth-order valence-electron chi connectivity index (χ4n) is 1.85. The Morgan fingerprint density at radius 3 is 2.70 bits per heavy atom. The first-order valence-electron chi connectivity index (χ1n) is 5.69. The number of non-ortho nitro benzene ring substituents is 1. The van der Waals surface area contributed by atoms with Crippen LogP contribution in [0.25, 0.3) is 0 Å². The van der Waals surface area contributed by atoms with Gasteiger partial charge in [0.15, 0.2) is 4.87 Å². The van der Waals surface area contributed by atoms with Crippen molar-refractivity contribution in [3.63, 3.8) is 0 Å². The molecule has 0 radical (unpaired) electrons. The van der Waals surface area contributed by atoms with Crippen LogP contribution in [-0.2, 0) is 16.1 Å². The molecule has 20 heavy (non-hydrogen) atoms. The summed E-state index contributed by atoms with van der Waals surface area (Å²) < 4.78 is 0. The maximum absolute atomic E-state index is 11.8. The number of nitrogens with two attached hydrogens (primary N) is 1. The lowest BCUT2D eigenvalue weighted by Crippen LogP contribution is -2.38. The van der Waals surface area contributed by atoms with Gasteiger partial charge in [0.1, 0.15) is 0 Å². The Morgan fingerprint density at radius 1 is 1.40 bits per heavy atom. The Balaban J connectivity index is 2.44. The van der Waals surface area contributed by atoms with Gasteiger partial charge in [-0.2, -0.15) is 0 Å². The Labute approximate surface area is 124 Å². The lowest BCUT2D eigenvalue weighted by Gasteiger charge is -2.23. The summed E-state index contributed by atoms with van der Waals surface area (Å²) in [5.41, 5.74) is 5.61. The summed E-state index contributed by atoms with van der Waals surface area (Å²) in [4.78, 5) is 21.4. The van der Waals surface area contributed by atoms with Crippen LogP contribution in [-0.4, -0.2) is 10.8 Å². The van der Waals surface area contributed by atoms with Crippen LogP contribution in [0.2, 0.25) is 0 Å². The Hall–Kier alpha value is -1.92. The first kappa shape index (κ1) is 14.5. The van der Waals surface area contributed by atoms with Crippen LogP contribution in [0.5, 0.6) is 0 Å². The van der Waals surface area contributed by atoms with E-state index >= 15 is 0 Å². The number of benzene rings is 1. The number of rotatable bonds is 5. The van der Waals surface area contributed by atoms with E-state index in [4.69, 9.17) is 17.3 Å². The van der Waals surface area contributed by atoms with Crippen molar-refractivity contribution >= 4 is 34.5 Å². The minimum Gasteiger partial charge on any atom is -0.368 e. The zero-order valence-electron chi connectivity index (χ0n) is 10.3. The second-order valence-corrected chi connectivity index (χ2v) is 5.91. The standard InChI is InChI=1S/C13H11ClN2O3S/c14-13(12(15)17,8-11-5-2-6-20-11)9-3-1-4-10(7-9)16(18)19/h1-7H,8H2,(H2,15,17). The molecule has 1 aromatic heterocycles. The van der Waals surface area contributed by atoms with Crippen molar-refractivity contribution in [2.24, 2.45) is 5.73 Å². The van der Waals surface area contributed by atoms with Gasteiger partial charge in [-0.1, -0.05) is 18.2 Å². The minimum absolute atomic E-state index is 0.125. The number of nitrogens with zero attached hydrogens (tertiary/aromatic N) is 1. The molecule has 0 bridgehead atoms. The first-order chi connectivity index (χ1) is 9.43. The molecule has 0 spiro atoms. The van der Waals surface area contributed by atoms with E-state index in [2.05, 4.69) is 0 Å². The second kappa shape index (κ2) is 5.60. The molecule has 1 unspecified atom stereocenters. The highest BCUT2D eigenvalue weighted by molar-refractivity contribution is 7.09. The van der Waals surface area contributed by atoms with E-state index < -0.39 is 15.7 Å². The number of thiophene rings is 1. The van der Waals surface area contributed by atoms with Gasteiger partial charge in [0, 0.05) is 23.4 Å². The number of amides is 1. The molecule has 2 aromatic rings. The van der Waals surface area contributed by atoms with Gasteiger partial charge in [0.25, 0.3) is 5.69 Å². The number of hydrogen-bond acceptors (Lipinski definition) is 4. The van der Waals surface area contributed by atoms with Gasteiger partial charge in [-0.15, -0.1) is 22.9 Å². The second-order valence-electron chi connectivity index (χ2n) is 4.23. The van der Waals surface area contributed by atoms with Crippen molar-refractivity contribution in [1.82, 2.24) is 0 Å². The van der Waals surface area contributed by atoms with E-state index in [1.807, 2.05) is 17.5 Å². The number of carbonyl (C=O) groups is 1. The van der Waals surface area contributed by atoms with Crippen molar-refractivity contribution in [2.75, 3.05) is 0 Å². The molecule has 1 amide bonds. The third-order valence-corrected chi connectivity index (χ3v) is 4.32. The Morgan fingerprint density at radius 2 is 2.15 bits per heavy atom. The summed E-state index contributed by atoms with van der Waals surface area (Å²) in [6, 6.07) is 9.35. The van der Waals surface area contributed by atoms with E-state index in [1.54, 1.807) is 6.07 Å². The third kappa shape index (κ3) is 2.81. The fourth-order valence-corrected chi connectivity index (χ4v) is 2.98. The van der Waals surface area contributed by atoms with Crippen molar-refractivity contribution in [2.45, 2.75) is 11.3 Å². The molecule has 0 aliphatic rings. The number of alkyl halides is 1. The molecule has 104 valence electrons. The first-order valence-corrected chi connectivity index (χ1v) is 6.95. The van der Waals surface area contributed by atoms with Gasteiger partial charge in [-0.25, -0.2) is 0 Å². The van der Waals surface area contributed by atoms with Gasteiger partial charge in [0.05, 0.1) is 4.92 Å². The molecule has 5 nitrogen and oxygen atoms in total. The molecule has 1 aromatic carbocycles. The van der Waals surface area contributed by atoms with Gasteiger partial charge in [-0.3, -0.25) is 14.9 Å². The highest BCUT2D eigenvalue weighted by atomic mass is 35.5. The molecule has 0 aliphatic heterocycles. The van der Waals surface area contributed by atoms with Crippen LogP contribution in [0.3, 0.4) is 0 Å². The number of nitro groups is 1. The SMILES string of the molecule is NC(=O)C(Cl)(Cc1cccs1)c1cccc([N+](=O)[O-])c1. The quantitative estimate of drug-likeness (QED) is 0.523. The predicted octanol–water partition coefficient (Wildman–Crippen LogP) is 2.82. The van der Waals surface area contributed by atoms with Crippen molar-refractivity contribution < 1.29 is 9.72 Å². The van der Waals surface area contributed by atoms with E-state index in [9.17, 15) is 14.9 Å². The van der Waals surface area contributed by atoms with Crippen LogP contribution in [0.15, 0.2) is 41.8 Å². The van der Waals surface area contributed by atoms with Gasteiger partial charge in [0.2, 0.25) is 5.91 Å². The lowest BCUT2D eigenvalue weighted by molar-refractivity contribution is -0.384. The summed E-state index contributed by atoms with van der Waals surface area (Å²) in [5, 5.41) is 12.7. The molecule has 0 saturated heterocycles. The predicted molar refractivity (Wildman–Crippen MR) is 77.8 cm³/mol. The highest BCUT2D eigenvalue weighted by Gasteiger charge is 2.37. The van der Waals surface area contributed by atoms with Gasteiger partial charge < -0.3 is 5.73 Å². The normalized spacial score (nSPS) is 13.7. The minimum atomic E-state index is -1.49. The molecular formula is C13H11ClN2O3S. The lowest BCUT2D eigenvalue weighted by atomic mass is 9.93. The van der Waals surface area contributed by atoms with Gasteiger partial charge >= 0.3 is 0 Å². The molecule has 0 saturated carbocycles. The summed E-state index contributed by atoms with van der Waals surface area (Å²) >= 11 is 7.82. The molecule has 1 heterocycles. The monoisotopic (exact) mass is 310 g/mol. The van der Waals surface area contributed by atoms with E-state index in [0.717, 1.165) is 4.88 Å². The molecule has 0 fully saturated rings. The molecule has 2 rings (SSSR count). The van der Waals surface area contributed by atoms with E-state index in [0.29, 0.717) is 5.56 Å². The third-order valence-electron chi connectivity index (χ3n) is 2.90. The molecule has 7 heteroatoms. The summed E-state index contributed by atoms with van der Waals surface area (Å²) in [7, 11) is 0. The topological polar surface area (TPSA) is 86.2 Å². The molecular weight excluding hydrogens is 300 g/mol. The summed E-state index contributed by atoms with van der Waals surface area (Å²) in [6.45, 7) is 0. The maximum Gasteiger partial charge on any atom is 0.269 e. The van der Waals surface area contributed by atoms with Crippen LogP contribution in [0.1, 0.15) is 10.4 Å². The van der Waals surface area contributed by atoms with Crippen LogP contribution in [0.4, 0.5) is 5.69 Å². The zero-order valence-corrected chi connectivity index (χ0v) is 11.9. The largest absolute Gasteiger partial charge is 0.368 e. The Kier molecular flexibility index (Phi) is 4.06. The van der Waals surface area contributed by atoms with Crippen LogP contribution >= 0.6 is 22.9 Å².